The predicted octanol–water partition coefficient (Wildman–Crippen LogP) is 2.37. The molecule has 1 rings (SSSR count). The molecule has 6 heteroatoms. The number of nitrogens with one attached hydrogen (secondary N) is 2. The Hall–Kier alpha value is -2.08. The Bertz CT molecular complexity index is 488. The number of primary amides is 1. The number of urea groups is 1. The van der Waals surface area contributed by atoms with Gasteiger partial charge in [0.15, 0.2) is 0 Å². The lowest BCUT2D eigenvalue weighted by Gasteiger charge is -2.17. The van der Waals surface area contributed by atoms with Gasteiger partial charge in [-0.15, -0.1) is 0 Å². The van der Waals surface area contributed by atoms with E-state index in [4.69, 9.17) is 10.8 Å². The molecular formula is C17H27N3O3. The van der Waals surface area contributed by atoms with Gasteiger partial charge in [-0.2, -0.15) is 0 Å². The zero-order valence-electron chi connectivity index (χ0n) is 13.7. The Morgan fingerprint density at radius 3 is 2.39 bits per heavy atom. The maximum absolute atomic E-state index is 12.4. The van der Waals surface area contributed by atoms with Gasteiger partial charge in [-0.3, -0.25) is 4.79 Å². The van der Waals surface area contributed by atoms with Gasteiger partial charge in [0.05, 0.1) is 6.61 Å². The third kappa shape index (κ3) is 7.65. The van der Waals surface area contributed by atoms with Crippen molar-refractivity contribution in [3.05, 3.63) is 29.8 Å². The Morgan fingerprint density at radius 2 is 1.83 bits per heavy atom. The average molecular weight is 321 g/mol. The first kappa shape index (κ1) is 19.0. The highest BCUT2D eigenvalue weighted by Gasteiger charge is 2.17. The molecule has 1 aromatic carbocycles. The van der Waals surface area contributed by atoms with Crippen LogP contribution in [0.15, 0.2) is 24.3 Å². The Kier molecular flexibility index (Phi) is 8.75. The molecule has 3 amide bonds. The van der Waals surface area contributed by atoms with E-state index >= 15 is 0 Å². The van der Waals surface area contributed by atoms with E-state index < -0.39 is 6.03 Å². The Balaban J connectivity index is 2.53. The summed E-state index contributed by atoms with van der Waals surface area (Å²) in [4.78, 5) is 23.1. The number of carbonyl (C=O) groups is 2. The number of aliphatic hydroxyl groups excluding tert-OH is 1. The second-order valence-electron chi connectivity index (χ2n) is 5.62. The number of hydrogen-bond donors (Lipinski definition) is 4. The van der Waals surface area contributed by atoms with Crippen LogP contribution in [0.4, 0.5) is 10.5 Å². The highest BCUT2D eigenvalue weighted by Crippen LogP contribution is 2.18. The molecule has 0 fully saturated rings. The van der Waals surface area contributed by atoms with E-state index in [9.17, 15) is 9.59 Å². The third-order valence-corrected chi connectivity index (χ3v) is 3.71. The highest BCUT2D eigenvalue weighted by atomic mass is 16.3. The quantitative estimate of drug-likeness (QED) is 0.497. The second-order valence-corrected chi connectivity index (χ2v) is 5.62. The van der Waals surface area contributed by atoms with Crippen molar-refractivity contribution in [2.45, 2.75) is 45.6 Å². The summed E-state index contributed by atoms with van der Waals surface area (Å²) in [6.45, 7) is 2.56. The fraction of sp³-hybridized carbons (Fsp3) is 0.529. The lowest BCUT2D eigenvalue weighted by molar-refractivity contribution is -0.120. The first-order valence-electron chi connectivity index (χ1n) is 8.10. The molecule has 5 N–H and O–H groups in total. The lowest BCUT2D eigenvalue weighted by Crippen LogP contribution is -2.31. The standard InChI is InChI=1S/C17H27N3O3/c1-2-3-5-14(6-4-11-19-17(18)23)16(22)20-15-9-7-13(12-21)8-10-15/h7-10,14,21H,2-6,11-12H2,1H3,(H,20,22)(H3,18,19,23). The number of nitrogens with two attached hydrogens (primary N) is 1. The number of carbonyl (C=O) groups excluding carboxylic acids is 2. The number of unbranched alkanes of at least 4 members (excludes halogenated alkanes) is 1. The van der Waals surface area contributed by atoms with Crippen molar-refractivity contribution in [2.75, 3.05) is 11.9 Å². The monoisotopic (exact) mass is 321 g/mol. The van der Waals surface area contributed by atoms with Crippen LogP contribution in [0, 0.1) is 5.92 Å². The molecule has 0 aliphatic carbocycles. The van der Waals surface area contributed by atoms with E-state index in [1.807, 2.05) is 0 Å². The number of rotatable bonds is 10. The maximum Gasteiger partial charge on any atom is 0.312 e. The number of benzene rings is 1. The molecule has 0 heterocycles. The van der Waals surface area contributed by atoms with Crippen LogP contribution in [-0.2, 0) is 11.4 Å². The predicted molar refractivity (Wildman–Crippen MR) is 90.8 cm³/mol. The first-order chi connectivity index (χ1) is 11.1. The molecule has 0 saturated heterocycles. The zero-order chi connectivity index (χ0) is 17.1. The van der Waals surface area contributed by atoms with Gasteiger partial charge in [0, 0.05) is 18.2 Å². The number of hydrogen-bond acceptors (Lipinski definition) is 3. The fourth-order valence-corrected chi connectivity index (χ4v) is 2.35. The van der Waals surface area contributed by atoms with E-state index in [0.717, 1.165) is 30.5 Å². The molecule has 0 aromatic heterocycles. The molecule has 1 atom stereocenters. The molecule has 1 unspecified atom stereocenters. The van der Waals surface area contributed by atoms with Crippen LogP contribution in [0.3, 0.4) is 0 Å². The molecule has 0 saturated carbocycles. The largest absolute Gasteiger partial charge is 0.392 e. The Labute approximate surface area is 137 Å². The molecule has 6 nitrogen and oxygen atoms in total. The molecule has 0 radical (unpaired) electrons. The van der Waals surface area contributed by atoms with Crippen LogP contribution in [-0.4, -0.2) is 23.6 Å². The van der Waals surface area contributed by atoms with Gasteiger partial charge in [0.2, 0.25) is 5.91 Å². The van der Waals surface area contributed by atoms with Crippen molar-refractivity contribution in [3.63, 3.8) is 0 Å². The maximum atomic E-state index is 12.4. The zero-order valence-corrected chi connectivity index (χ0v) is 13.7. The minimum atomic E-state index is -0.538. The van der Waals surface area contributed by atoms with Gasteiger partial charge < -0.3 is 21.5 Å². The highest BCUT2D eigenvalue weighted by molar-refractivity contribution is 5.92. The average Bonchev–Trinajstić information content (AvgIpc) is 2.54. The summed E-state index contributed by atoms with van der Waals surface area (Å²) in [7, 11) is 0. The Morgan fingerprint density at radius 1 is 1.17 bits per heavy atom. The van der Waals surface area contributed by atoms with E-state index in [0.29, 0.717) is 19.4 Å². The second kappa shape index (κ2) is 10.6. The van der Waals surface area contributed by atoms with Crippen molar-refractivity contribution in [2.24, 2.45) is 11.7 Å². The van der Waals surface area contributed by atoms with E-state index in [2.05, 4.69) is 17.6 Å². The van der Waals surface area contributed by atoms with Gasteiger partial charge in [-0.25, -0.2) is 4.79 Å². The van der Waals surface area contributed by atoms with Gasteiger partial charge in [0.1, 0.15) is 0 Å². The molecule has 0 bridgehead atoms. The van der Waals surface area contributed by atoms with Gasteiger partial charge in [0.25, 0.3) is 0 Å². The van der Waals surface area contributed by atoms with Crippen LogP contribution in [0.2, 0.25) is 0 Å². The molecule has 23 heavy (non-hydrogen) atoms. The van der Waals surface area contributed by atoms with Crippen molar-refractivity contribution in [1.29, 1.82) is 0 Å². The summed E-state index contributed by atoms with van der Waals surface area (Å²) in [5, 5.41) is 14.5. The van der Waals surface area contributed by atoms with Gasteiger partial charge in [-0.05, 0) is 37.0 Å². The molecule has 0 spiro atoms. The third-order valence-electron chi connectivity index (χ3n) is 3.71. The summed E-state index contributed by atoms with van der Waals surface area (Å²) in [5.41, 5.74) is 6.56. The smallest absolute Gasteiger partial charge is 0.312 e. The van der Waals surface area contributed by atoms with E-state index in [1.54, 1.807) is 24.3 Å². The minimum absolute atomic E-state index is 0.00530. The number of aliphatic hydroxyl groups is 1. The molecular weight excluding hydrogens is 294 g/mol. The SMILES string of the molecule is CCCCC(CCCNC(N)=O)C(=O)Nc1ccc(CO)cc1. The normalized spacial score (nSPS) is 11.7. The van der Waals surface area contributed by atoms with Gasteiger partial charge >= 0.3 is 6.03 Å². The van der Waals surface area contributed by atoms with Crippen LogP contribution >= 0.6 is 0 Å². The van der Waals surface area contributed by atoms with Crippen LogP contribution in [0.1, 0.15) is 44.6 Å². The van der Waals surface area contributed by atoms with Crippen molar-refractivity contribution in [1.82, 2.24) is 5.32 Å². The number of anilines is 1. The van der Waals surface area contributed by atoms with E-state index in [-0.39, 0.29) is 18.4 Å². The minimum Gasteiger partial charge on any atom is -0.392 e. The first-order valence-corrected chi connectivity index (χ1v) is 8.10. The summed E-state index contributed by atoms with van der Waals surface area (Å²) < 4.78 is 0. The van der Waals surface area contributed by atoms with Crippen LogP contribution in [0.5, 0.6) is 0 Å². The summed E-state index contributed by atoms with van der Waals surface area (Å²) in [5.74, 6) is -0.0866. The van der Waals surface area contributed by atoms with Crippen molar-refractivity contribution >= 4 is 17.6 Å². The molecule has 1 aromatic rings. The lowest BCUT2D eigenvalue weighted by atomic mass is 9.95. The topological polar surface area (TPSA) is 104 Å². The summed E-state index contributed by atoms with van der Waals surface area (Å²) in [6.07, 6.45) is 4.28. The fourth-order valence-electron chi connectivity index (χ4n) is 2.35. The molecule has 0 aliphatic heterocycles. The van der Waals surface area contributed by atoms with Gasteiger partial charge in [-0.1, -0.05) is 31.9 Å². The summed E-state index contributed by atoms with van der Waals surface area (Å²) in [6, 6.07) is 6.61. The summed E-state index contributed by atoms with van der Waals surface area (Å²) >= 11 is 0. The van der Waals surface area contributed by atoms with Crippen LogP contribution in [0.25, 0.3) is 0 Å². The van der Waals surface area contributed by atoms with Crippen molar-refractivity contribution in [3.8, 4) is 0 Å². The van der Waals surface area contributed by atoms with Crippen molar-refractivity contribution < 1.29 is 14.7 Å². The van der Waals surface area contributed by atoms with E-state index in [1.165, 1.54) is 0 Å². The number of amides is 3. The molecule has 0 aliphatic rings. The molecule has 128 valence electrons. The van der Waals surface area contributed by atoms with Crippen LogP contribution < -0.4 is 16.4 Å².